The fraction of sp³-hybridized carbons (Fsp3) is 0.619. The van der Waals surface area contributed by atoms with E-state index in [1.54, 1.807) is 17.0 Å². The molecule has 1 saturated heterocycles. The molecule has 0 radical (unpaired) electrons. The first-order valence-electron chi connectivity index (χ1n) is 10.4. The van der Waals surface area contributed by atoms with Gasteiger partial charge in [-0.2, -0.15) is 4.31 Å². The SMILES string of the molecule is CC[C@H](C)c1ccc(S(=O)(=O)N2CCN(C(=O)COC(=O)C3CCC3)CC2)cc1. The number of hydrogen-bond donors (Lipinski definition) is 0. The molecule has 1 aromatic carbocycles. The average Bonchev–Trinajstić information content (AvgIpc) is 2.70. The molecule has 1 heterocycles. The zero-order chi connectivity index (χ0) is 21.0. The van der Waals surface area contributed by atoms with Crippen molar-refractivity contribution in [3.05, 3.63) is 29.8 Å². The molecule has 160 valence electrons. The van der Waals surface area contributed by atoms with E-state index in [1.165, 1.54) is 4.31 Å². The van der Waals surface area contributed by atoms with Gasteiger partial charge in [-0.25, -0.2) is 8.42 Å². The van der Waals surface area contributed by atoms with Crippen molar-refractivity contribution in [1.82, 2.24) is 9.21 Å². The Morgan fingerprint density at radius 3 is 2.24 bits per heavy atom. The van der Waals surface area contributed by atoms with Crippen LogP contribution in [-0.4, -0.2) is 62.3 Å². The van der Waals surface area contributed by atoms with Gasteiger partial charge in [0.2, 0.25) is 10.0 Å². The first-order valence-corrected chi connectivity index (χ1v) is 11.8. The molecule has 0 spiro atoms. The molecule has 2 fully saturated rings. The summed E-state index contributed by atoms with van der Waals surface area (Å²) >= 11 is 0. The van der Waals surface area contributed by atoms with E-state index in [9.17, 15) is 18.0 Å². The highest BCUT2D eigenvalue weighted by Crippen LogP contribution is 2.27. The Kier molecular flexibility index (Phi) is 6.95. The van der Waals surface area contributed by atoms with Crippen molar-refractivity contribution in [2.75, 3.05) is 32.8 Å². The van der Waals surface area contributed by atoms with Crippen LogP contribution in [0.2, 0.25) is 0 Å². The fourth-order valence-electron chi connectivity index (χ4n) is 3.52. The Hall–Kier alpha value is -1.93. The molecule has 1 atom stereocenters. The predicted molar refractivity (Wildman–Crippen MR) is 109 cm³/mol. The lowest BCUT2D eigenvalue weighted by molar-refractivity contribution is -0.158. The third kappa shape index (κ3) is 4.98. The zero-order valence-electron chi connectivity index (χ0n) is 17.2. The second kappa shape index (κ2) is 9.26. The lowest BCUT2D eigenvalue weighted by Crippen LogP contribution is -2.51. The maximum absolute atomic E-state index is 12.9. The molecular weight excluding hydrogens is 392 g/mol. The van der Waals surface area contributed by atoms with Crippen molar-refractivity contribution in [2.24, 2.45) is 5.92 Å². The molecule has 29 heavy (non-hydrogen) atoms. The second-order valence-corrected chi connectivity index (χ2v) is 9.84. The predicted octanol–water partition coefficient (Wildman–Crippen LogP) is 2.38. The molecule has 7 nitrogen and oxygen atoms in total. The number of amides is 1. The number of esters is 1. The largest absolute Gasteiger partial charge is 0.455 e. The Balaban J connectivity index is 1.52. The summed E-state index contributed by atoms with van der Waals surface area (Å²) in [5, 5.41) is 0. The molecule has 8 heteroatoms. The Morgan fingerprint density at radius 2 is 1.72 bits per heavy atom. The van der Waals surface area contributed by atoms with Crippen molar-refractivity contribution >= 4 is 21.9 Å². The molecule has 2 aliphatic rings. The Bertz CT molecular complexity index is 825. The van der Waals surface area contributed by atoms with E-state index in [2.05, 4.69) is 13.8 Å². The van der Waals surface area contributed by atoms with Crippen LogP contribution in [0.5, 0.6) is 0 Å². The van der Waals surface area contributed by atoms with Crippen LogP contribution in [0, 0.1) is 5.92 Å². The van der Waals surface area contributed by atoms with Crippen LogP contribution in [-0.2, 0) is 24.3 Å². The monoisotopic (exact) mass is 422 g/mol. The van der Waals surface area contributed by atoms with Gasteiger partial charge in [0.05, 0.1) is 10.8 Å². The number of ether oxygens (including phenoxy) is 1. The van der Waals surface area contributed by atoms with Crippen LogP contribution in [0.15, 0.2) is 29.2 Å². The topological polar surface area (TPSA) is 84.0 Å². The molecular formula is C21H30N2O5S. The number of benzene rings is 1. The highest BCUT2D eigenvalue weighted by molar-refractivity contribution is 7.89. The molecule has 1 aliphatic carbocycles. The first-order chi connectivity index (χ1) is 13.8. The van der Waals surface area contributed by atoms with Crippen molar-refractivity contribution in [1.29, 1.82) is 0 Å². The summed E-state index contributed by atoms with van der Waals surface area (Å²) in [4.78, 5) is 25.9. The number of rotatable bonds is 7. The molecule has 3 rings (SSSR count). The lowest BCUT2D eigenvalue weighted by Gasteiger charge is -2.34. The maximum Gasteiger partial charge on any atom is 0.309 e. The summed E-state index contributed by atoms with van der Waals surface area (Å²) in [7, 11) is -3.58. The van der Waals surface area contributed by atoms with Crippen LogP contribution in [0.4, 0.5) is 0 Å². The van der Waals surface area contributed by atoms with Crippen LogP contribution in [0.25, 0.3) is 0 Å². The summed E-state index contributed by atoms with van der Waals surface area (Å²) in [6.07, 6.45) is 3.70. The highest BCUT2D eigenvalue weighted by atomic mass is 32.2. The minimum Gasteiger partial charge on any atom is -0.455 e. The van der Waals surface area contributed by atoms with Crippen molar-refractivity contribution < 1.29 is 22.7 Å². The number of carbonyl (C=O) groups excluding carboxylic acids is 2. The molecule has 0 N–H and O–H groups in total. The van der Waals surface area contributed by atoms with Crippen LogP contribution in [0.1, 0.15) is 51.0 Å². The third-order valence-electron chi connectivity index (χ3n) is 6.07. The number of nitrogens with zero attached hydrogens (tertiary/aromatic N) is 2. The van der Waals surface area contributed by atoms with Gasteiger partial charge in [0, 0.05) is 26.2 Å². The van der Waals surface area contributed by atoms with Crippen LogP contribution >= 0.6 is 0 Å². The quantitative estimate of drug-likeness (QED) is 0.630. The van der Waals surface area contributed by atoms with E-state index in [0.717, 1.165) is 31.2 Å². The number of hydrogen-bond acceptors (Lipinski definition) is 5. The molecule has 0 unspecified atom stereocenters. The maximum atomic E-state index is 12.9. The number of carbonyl (C=O) groups is 2. The van der Waals surface area contributed by atoms with E-state index >= 15 is 0 Å². The van der Waals surface area contributed by atoms with Gasteiger partial charge in [-0.1, -0.05) is 32.4 Å². The van der Waals surface area contributed by atoms with Crippen LogP contribution in [0.3, 0.4) is 0 Å². The van der Waals surface area contributed by atoms with Gasteiger partial charge in [-0.3, -0.25) is 9.59 Å². The molecule has 0 bridgehead atoms. The van der Waals surface area contributed by atoms with Crippen molar-refractivity contribution in [3.63, 3.8) is 0 Å². The smallest absolute Gasteiger partial charge is 0.309 e. The van der Waals surface area contributed by atoms with Crippen molar-refractivity contribution in [3.8, 4) is 0 Å². The van der Waals surface area contributed by atoms with E-state index in [-0.39, 0.29) is 42.4 Å². The van der Waals surface area contributed by atoms with E-state index in [4.69, 9.17) is 4.74 Å². The summed E-state index contributed by atoms with van der Waals surface area (Å²) in [6.45, 7) is 5.01. The van der Waals surface area contributed by atoms with E-state index in [0.29, 0.717) is 19.0 Å². The lowest BCUT2D eigenvalue weighted by atomic mass is 9.86. The molecule has 1 aromatic rings. The summed E-state index contributed by atoms with van der Waals surface area (Å²) in [5.74, 6) is -0.240. The number of piperazine rings is 1. The summed E-state index contributed by atoms with van der Waals surface area (Å²) in [6, 6.07) is 7.07. The van der Waals surface area contributed by atoms with Gasteiger partial charge < -0.3 is 9.64 Å². The molecule has 1 saturated carbocycles. The fourth-order valence-corrected chi connectivity index (χ4v) is 4.94. The standard InChI is InChI=1S/C21H30N2O5S/c1-3-16(2)17-7-9-19(10-8-17)29(26,27)23-13-11-22(12-14-23)20(24)15-28-21(25)18-5-4-6-18/h7-10,16,18H,3-6,11-15H2,1-2H3/t16-/m0/s1. The van der Waals surface area contributed by atoms with E-state index in [1.807, 2.05) is 12.1 Å². The summed E-state index contributed by atoms with van der Waals surface area (Å²) in [5.41, 5.74) is 1.12. The molecule has 1 amide bonds. The second-order valence-electron chi connectivity index (χ2n) is 7.90. The van der Waals surface area contributed by atoms with Gasteiger partial charge in [0.25, 0.3) is 5.91 Å². The van der Waals surface area contributed by atoms with Crippen LogP contribution < -0.4 is 0 Å². The van der Waals surface area contributed by atoms with Gasteiger partial charge in [-0.05, 0) is 42.9 Å². The normalized spacial score (nSPS) is 19.4. The number of sulfonamides is 1. The van der Waals surface area contributed by atoms with Gasteiger partial charge >= 0.3 is 5.97 Å². The van der Waals surface area contributed by atoms with Gasteiger partial charge in [0.1, 0.15) is 0 Å². The highest BCUT2D eigenvalue weighted by Gasteiger charge is 2.31. The Labute approximate surface area is 173 Å². The molecule has 0 aromatic heterocycles. The minimum absolute atomic E-state index is 0.0588. The summed E-state index contributed by atoms with van der Waals surface area (Å²) < 4.78 is 32.3. The van der Waals surface area contributed by atoms with Gasteiger partial charge in [-0.15, -0.1) is 0 Å². The Morgan fingerprint density at radius 1 is 1.10 bits per heavy atom. The first kappa shape index (κ1) is 21.8. The average molecular weight is 423 g/mol. The van der Waals surface area contributed by atoms with E-state index < -0.39 is 10.0 Å². The minimum atomic E-state index is -3.58. The van der Waals surface area contributed by atoms with Crippen molar-refractivity contribution in [2.45, 2.75) is 50.3 Å². The zero-order valence-corrected chi connectivity index (χ0v) is 18.0. The molecule has 1 aliphatic heterocycles. The third-order valence-corrected chi connectivity index (χ3v) is 7.98. The van der Waals surface area contributed by atoms with Gasteiger partial charge in [0.15, 0.2) is 6.61 Å².